The molecule has 1 aromatic heterocycles. The summed E-state index contributed by atoms with van der Waals surface area (Å²) < 4.78 is 8.78. The lowest BCUT2D eigenvalue weighted by atomic mass is 9.89. The summed E-state index contributed by atoms with van der Waals surface area (Å²) in [6.07, 6.45) is 18.2. The third-order valence-corrected chi connectivity index (χ3v) is 5.87. The van der Waals surface area contributed by atoms with Gasteiger partial charge in [0.15, 0.2) is 11.9 Å². The monoisotopic (exact) mass is 452 g/mol. The van der Waals surface area contributed by atoms with E-state index in [-0.39, 0.29) is 0 Å². The fraction of sp³-hybridized carbons (Fsp3) is 0.483. The van der Waals surface area contributed by atoms with Gasteiger partial charge in [-0.25, -0.2) is 0 Å². The Bertz CT molecular complexity index is 899. The second-order valence-corrected chi connectivity index (χ2v) is 7.94. The number of likely N-dealkylation sites (N-methyl/N-ethyl adjacent to an activating group) is 1. The largest absolute Gasteiger partial charge is 0.479 e. The van der Waals surface area contributed by atoms with Crippen LogP contribution in [0.1, 0.15) is 83.9 Å². The van der Waals surface area contributed by atoms with E-state index in [0.29, 0.717) is 5.69 Å². The summed E-state index contributed by atoms with van der Waals surface area (Å²) >= 11 is 0. The van der Waals surface area contributed by atoms with E-state index in [0.717, 1.165) is 55.8 Å². The molecule has 0 bridgehead atoms. The van der Waals surface area contributed by atoms with Crippen molar-refractivity contribution in [3.8, 4) is 0 Å². The predicted octanol–water partition coefficient (Wildman–Crippen LogP) is 7.52. The lowest BCUT2D eigenvalue weighted by molar-refractivity contribution is -0.0258. The molecule has 0 saturated heterocycles. The van der Waals surface area contributed by atoms with E-state index >= 15 is 0 Å². The molecule has 1 unspecified atom stereocenters. The van der Waals surface area contributed by atoms with Crippen molar-refractivity contribution >= 4 is 12.0 Å². The highest BCUT2D eigenvalue weighted by atomic mass is 16.5. The first kappa shape index (κ1) is 28.4. The first-order valence-corrected chi connectivity index (χ1v) is 12.4. The molecule has 0 fully saturated rings. The zero-order valence-electron chi connectivity index (χ0n) is 22.0. The van der Waals surface area contributed by atoms with Crippen molar-refractivity contribution in [2.75, 3.05) is 20.1 Å². The maximum atomic E-state index is 11.8. The van der Waals surface area contributed by atoms with Crippen molar-refractivity contribution in [2.45, 2.75) is 73.3 Å². The van der Waals surface area contributed by atoms with Crippen molar-refractivity contribution in [2.24, 2.45) is 0 Å². The van der Waals surface area contributed by atoms with E-state index in [1.54, 1.807) is 0 Å². The lowest BCUT2D eigenvalue weighted by Gasteiger charge is -2.41. The highest BCUT2D eigenvalue weighted by Gasteiger charge is 2.41. The summed E-state index contributed by atoms with van der Waals surface area (Å²) in [4.78, 5) is 14.1. The Morgan fingerprint density at radius 3 is 2.45 bits per heavy atom. The molecule has 4 heteroatoms. The van der Waals surface area contributed by atoms with E-state index < -0.39 is 5.60 Å². The molecule has 0 aliphatic carbocycles. The van der Waals surface area contributed by atoms with Crippen LogP contribution in [0.15, 0.2) is 66.0 Å². The lowest BCUT2D eigenvalue weighted by Crippen LogP contribution is -2.39. The minimum atomic E-state index is -0.481. The van der Waals surface area contributed by atoms with Crippen LogP contribution in [0.25, 0.3) is 5.70 Å². The number of fused-ring (bicyclic) bond motifs is 1. The first-order chi connectivity index (χ1) is 16.0. The Labute approximate surface area is 202 Å². The fourth-order valence-electron chi connectivity index (χ4n) is 4.05. The van der Waals surface area contributed by atoms with Crippen LogP contribution in [0.3, 0.4) is 0 Å². The van der Waals surface area contributed by atoms with Crippen LogP contribution >= 0.6 is 0 Å². The molecule has 0 spiro atoms. The highest BCUT2D eigenvalue weighted by Crippen LogP contribution is 2.44. The highest BCUT2D eigenvalue weighted by molar-refractivity contribution is 5.79. The van der Waals surface area contributed by atoms with Crippen molar-refractivity contribution in [3.63, 3.8) is 0 Å². The van der Waals surface area contributed by atoms with E-state index in [1.807, 2.05) is 64.1 Å². The van der Waals surface area contributed by atoms with Gasteiger partial charge < -0.3 is 14.2 Å². The number of ether oxygens (including phenoxy) is 1. The summed E-state index contributed by atoms with van der Waals surface area (Å²) in [5, 5.41) is 0. The van der Waals surface area contributed by atoms with Crippen LogP contribution in [-0.2, 0) is 10.3 Å². The molecule has 0 aromatic carbocycles. The molecule has 2 heterocycles. The van der Waals surface area contributed by atoms with Gasteiger partial charge in [0, 0.05) is 19.5 Å². The van der Waals surface area contributed by atoms with Gasteiger partial charge >= 0.3 is 0 Å². The Hall–Kier alpha value is -2.59. The Balaban J connectivity index is 0.00000265. The quantitative estimate of drug-likeness (QED) is 0.272. The Morgan fingerprint density at radius 1 is 1.18 bits per heavy atom. The summed E-state index contributed by atoms with van der Waals surface area (Å²) in [5.74, 6) is 0.803. The molecule has 4 nitrogen and oxygen atoms in total. The Kier molecular flexibility index (Phi) is 12.5. The molecule has 0 saturated carbocycles. The van der Waals surface area contributed by atoms with Crippen LogP contribution in [0, 0.1) is 0 Å². The van der Waals surface area contributed by atoms with E-state index in [4.69, 9.17) is 4.74 Å². The molecule has 182 valence electrons. The minimum absolute atomic E-state index is 0.481. The Morgan fingerprint density at radius 2 is 1.91 bits per heavy atom. The number of aldehydes is 1. The first-order valence-electron chi connectivity index (χ1n) is 12.4. The number of allylic oxidation sites excluding steroid dienone is 7. The molecule has 1 aliphatic heterocycles. The number of nitrogens with zero attached hydrogens (tertiary/aromatic N) is 2. The average Bonchev–Trinajstić information content (AvgIpc) is 3.29. The van der Waals surface area contributed by atoms with E-state index in [9.17, 15) is 4.79 Å². The number of carbonyl (C=O) groups is 1. The zero-order valence-corrected chi connectivity index (χ0v) is 22.0. The van der Waals surface area contributed by atoms with Gasteiger partial charge in [-0.15, -0.1) is 0 Å². The third-order valence-electron chi connectivity index (χ3n) is 5.87. The van der Waals surface area contributed by atoms with Gasteiger partial charge in [0.25, 0.3) is 0 Å². The summed E-state index contributed by atoms with van der Waals surface area (Å²) in [7, 11) is 2.15. The molecule has 1 atom stereocenters. The second kappa shape index (κ2) is 14.5. The second-order valence-electron chi connectivity index (χ2n) is 7.94. The maximum absolute atomic E-state index is 11.8. The van der Waals surface area contributed by atoms with Crippen molar-refractivity contribution in [1.82, 2.24) is 9.47 Å². The van der Waals surface area contributed by atoms with Crippen LogP contribution in [0.5, 0.6) is 0 Å². The topological polar surface area (TPSA) is 34.5 Å². The smallest absolute Gasteiger partial charge is 0.166 e. The molecule has 0 amide bonds. The standard InChI is InChI=1S/C27H38N2O2.C2H6/c1-7-12-14-22(9-3)20-28(6)19-18-27(11-5)26-17-16-23(21-30)29(26)24(10-4)25(31-27)15-13-8-2;1-2/h8-10,12-17,21H,7,11,18-20H2,1-6H3;1-2H3/b13-8-,14-12-,22-9+,24-10+,25-15+;. The van der Waals surface area contributed by atoms with E-state index in [2.05, 4.69) is 55.5 Å². The molecule has 0 N–H and O–H groups in total. The summed E-state index contributed by atoms with van der Waals surface area (Å²) in [6, 6.07) is 3.94. The molecular weight excluding hydrogens is 408 g/mol. The molecule has 1 aliphatic rings. The van der Waals surface area contributed by atoms with Crippen molar-refractivity contribution < 1.29 is 9.53 Å². The predicted molar refractivity (Wildman–Crippen MR) is 142 cm³/mol. The van der Waals surface area contributed by atoms with Gasteiger partial charge in [0.05, 0.1) is 17.1 Å². The number of hydrogen-bond acceptors (Lipinski definition) is 3. The fourth-order valence-corrected chi connectivity index (χ4v) is 4.05. The summed E-state index contributed by atoms with van der Waals surface area (Å²) in [5.41, 5.74) is 3.46. The van der Waals surface area contributed by atoms with Crippen LogP contribution < -0.4 is 0 Å². The number of hydrogen-bond donors (Lipinski definition) is 0. The number of carbonyl (C=O) groups excluding carboxylic acids is 1. The SMILES string of the molecule is CC.C\C=C/C=C1/OC(CC)(CCN(C)CC(/C=C\CC)=C/C)c2ccc(C=O)n2/C1=C/C. The van der Waals surface area contributed by atoms with Gasteiger partial charge in [-0.2, -0.15) is 0 Å². The number of aromatic nitrogens is 1. The maximum Gasteiger partial charge on any atom is 0.166 e. The number of rotatable bonds is 10. The summed E-state index contributed by atoms with van der Waals surface area (Å²) in [6.45, 7) is 16.2. The van der Waals surface area contributed by atoms with Gasteiger partial charge in [0.1, 0.15) is 5.76 Å². The van der Waals surface area contributed by atoms with Crippen molar-refractivity contribution in [3.05, 3.63) is 77.4 Å². The van der Waals surface area contributed by atoms with E-state index in [1.165, 1.54) is 5.57 Å². The van der Waals surface area contributed by atoms with Crippen molar-refractivity contribution in [1.29, 1.82) is 0 Å². The minimum Gasteiger partial charge on any atom is -0.479 e. The molecular formula is C29H44N2O2. The molecule has 33 heavy (non-hydrogen) atoms. The third kappa shape index (κ3) is 6.94. The van der Waals surface area contributed by atoms with Crippen LogP contribution in [-0.4, -0.2) is 35.9 Å². The van der Waals surface area contributed by atoms with Gasteiger partial charge in [0.2, 0.25) is 0 Å². The van der Waals surface area contributed by atoms with Gasteiger partial charge in [-0.05, 0) is 64.4 Å². The molecule has 2 rings (SSSR count). The molecule has 1 aromatic rings. The van der Waals surface area contributed by atoms with Crippen LogP contribution in [0.2, 0.25) is 0 Å². The zero-order chi connectivity index (χ0) is 24.9. The van der Waals surface area contributed by atoms with Gasteiger partial charge in [-0.3, -0.25) is 4.79 Å². The molecule has 0 radical (unpaired) electrons. The van der Waals surface area contributed by atoms with Gasteiger partial charge in [-0.1, -0.05) is 64.2 Å². The van der Waals surface area contributed by atoms with Crippen LogP contribution in [0.4, 0.5) is 0 Å². The average molecular weight is 453 g/mol. The normalized spacial score (nSPS) is 20.9.